The molecule has 0 aromatic rings. The normalized spacial score (nSPS) is 45.3. The Bertz CT molecular complexity index is 910. The van der Waals surface area contributed by atoms with E-state index in [1.54, 1.807) is 0 Å². The first-order valence-electron chi connectivity index (χ1n) is 12.4. The molecule has 1 aliphatic heterocycles. The van der Waals surface area contributed by atoms with Crippen molar-refractivity contribution < 1.29 is 33.3 Å². The quantitative estimate of drug-likeness (QED) is 0.248. The summed E-state index contributed by atoms with van der Waals surface area (Å²) in [5.41, 5.74) is -0.589. The summed E-state index contributed by atoms with van der Waals surface area (Å²) in [6.07, 6.45) is 7.40. The third kappa shape index (κ3) is 3.01. The zero-order chi connectivity index (χ0) is 23.6. The summed E-state index contributed by atoms with van der Waals surface area (Å²) < 4.78 is 23.6. The smallest absolute Gasteiger partial charge is 0.303 e. The van der Waals surface area contributed by atoms with E-state index in [2.05, 4.69) is 13.8 Å². The van der Waals surface area contributed by atoms with E-state index in [9.17, 15) is 14.4 Å². The van der Waals surface area contributed by atoms with Crippen LogP contribution in [0.15, 0.2) is 11.6 Å². The Kier molecular flexibility index (Phi) is 5.42. The van der Waals surface area contributed by atoms with Gasteiger partial charge in [-0.05, 0) is 63.4 Å². The van der Waals surface area contributed by atoms with Crippen LogP contribution in [0.1, 0.15) is 72.6 Å². The summed E-state index contributed by atoms with van der Waals surface area (Å²) in [6.45, 7) is 7.93. The Morgan fingerprint density at radius 2 is 1.94 bits per heavy atom. The minimum atomic E-state index is -1.06. The van der Waals surface area contributed by atoms with E-state index in [0.29, 0.717) is 25.4 Å². The number of ketones is 2. The average Bonchev–Trinajstić information content (AvgIpc) is 3.41. The molecule has 7 heteroatoms. The van der Waals surface area contributed by atoms with Crippen molar-refractivity contribution in [3.63, 3.8) is 0 Å². The average molecular weight is 461 g/mol. The zero-order valence-electron chi connectivity index (χ0n) is 20.2. The van der Waals surface area contributed by atoms with Crippen LogP contribution in [0.25, 0.3) is 0 Å². The lowest BCUT2D eigenvalue weighted by Crippen LogP contribution is -2.62. The van der Waals surface area contributed by atoms with Crippen LogP contribution in [0.3, 0.4) is 0 Å². The molecule has 0 bridgehead atoms. The molecule has 1 spiro atoms. The van der Waals surface area contributed by atoms with Crippen molar-refractivity contribution in [2.75, 3.05) is 20.0 Å². The lowest BCUT2D eigenvalue weighted by atomic mass is 9.46. The van der Waals surface area contributed by atoms with Gasteiger partial charge >= 0.3 is 5.97 Å². The molecule has 0 amide bonds. The minimum Gasteiger partial charge on any atom is -0.458 e. The van der Waals surface area contributed by atoms with Gasteiger partial charge < -0.3 is 18.9 Å². The molecule has 182 valence electrons. The van der Waals surface area contributed by atoms with Gasteiger partial charge in [0.15, 0.2) is 12.4 Å². The van der Waals surface area contributed by atoms with E-state index in [0.717, 1.165) is 32.1 Å². The third-order valence-corrected chi connectivity index (χ3v) is 9.90. The SMILES string of the molecule is CCOCO[C@]1(C(=O)COC(C)=O)CC[C@H]2[C@@H]3CCC4=CC(=O)CC[C@]4(C)[C@@]34O[C@H]4C[C@@]21C. The lowest BCUT2D eigenvalue weighted by Gasteiger charge is -2.57. The van der Waals surface area contributed by atoms with Crippen LogP contribution in [-0.4, -0.2) is 54.8 Å². The fourth-order valence-corrected chi connectivity index (χ4v) is 8.29. The number of epoxide rings is 1. The van der Waals surface area contributed by atoms with Gasteiger partial charge in [0, 0.05) is 30.8 Å². The summed E-state index contributed by atoms with van der Waals surface area (Å²) in [7, 11) is 0. The van der Waals surface area contributed by atoms with Crippen molar-refractivity contribution in [1.29, 1.82) is 0 Å². The molecule has 0 aromatic heterocycles. The van der Waals surface area contributed by atoms with Crippen molar-refractivity contribution >= 4 is 17.5 Å². The number of carbonyl (C=O) groups excluding carboxylic acids is 3. The molecule has 1 saturated heterocycles. The highest BCUT2D eigenvalue weighted by Gasteiger charge is 2.81. The Labute approximate surface area is 195 Å². The standard InChI is InChI=1S/C26H36O7/c1-5-30-15-32-25(21(29)14-31-16(2)27)11-9-19-20-7-6-17-12-18(28)8-10-23(17,3)26(20)22(33-26)13-24(19,25)4/h12,19-20,22H,5-11,13-15H2,1-4H3/t19-,20-,22-,23-,24-,25-,26+/m0/s1. The van der Waals surface area contributed by atoms with Gasteiger partial charge in [0.1, 0.15) is 18.0 Å². The maximum Gasteiger partial charge on any atom is 0.303 e. The van der Waals surface area contributed by atoms with Crippen LogP contribution in [0.4, 0.5) is 0 Å². The molecule has 4 fully saturated rings. The van der Waals surface area contributed by atoms with Crippen molar-refractivity contribution in [2.24, 2.45) is 22.7 Å². The number of hydrogen-bond donors (Lipinski definition) is 0. The molecule has 3 saturated carbocycles. The molecule has 4 aliphatic carbocycles. The topological polar surface area (TPSA) is 91.4 Å². The first-order valence-corrected chi connectivity index (χ1v) is 12.4. The van der Waals surface area contributed by atoms with Crippen LogP contribution in [0.2, 0.25) is 0 Å². The summed E-state index contributed by atoms with van der Waals surface area (Å²) in [6, 6.07) is 0. The van der Waals surface area contributed by atoms with E-state index >= 15 is 0 Å². The highest BCUT2D eigenvalue weighted by molar-refractivity contribution is 5.92. The summed E-state index contributed by atoms with van der Waals surface area (Å²) >= 11 is 0. The second-order valence-corrected chi connectivity index (χ2v) is 11.1. The molecule has 0 aromatic carbocycles. The summed E-state index contributed by atoms with van der Waals surface area (Å²) in [4.78, 5) is 37.2. The number of Topliss-reactive ketones (excluding diaryl/α,β-unsaturated/α-hetero) is 1. The Balaban J connectivity index is 1.49. The van der Waals surface area contributed by atoms with Crippen LogP contribution >= 0.6 is 0 Å². The second kappa shape index (κ2) is 7.72. The van der Waals surface area contributed by atoms with Crippen LogP contribution < -0.4 is 0 Å². The zero-order valence-corrected chi connectivity index (χ0v) is 20.2. The van der Waals surface area contributed by atoms with Gasteiger partial charge in [-0.1, -0.05) is 19.4 Å². The number of fused-ring (bicyclic) bond motifs is 3. The van der Waals surface area contributed by atoms with Crippen molar-refractivity contribution in [3.8, 4) is 0 Å². The first kappa shape index (κ1) is 23.2. The molecular weight excluding hydrogens is 424 g/mol. The predicted molar refractivity (Wildman–Crippen MR) is 118 cm³/mol. The number of hydrogen-bond acceptors (Lipinski definition) is 7. The molecule has 33 heavy (non-hydrogen) atoms. The molecule has 0 radical (unpaired) electrons. The molecule has 5 aliphatic rings. The highest BCUT2D eigenvalue weighted by Crippen LogP contribution is 2.76. The van der Waals surface area contributed by atoms with Gasteiger partial charge in [-0.25, -0.2) is 0 Å². The van der Waals surface area contributed by atoms with Gasteiger partial charge in [0.25, 0.3) is 0 Å². The van der Waals surface area contributed by atoms with Crippen molar-refractivity contribution in [3.05, 3.63) is 11.6 Å². The van der Waals surface area contributed by atoms with E-state index in [4.69, 9.17) is 18.9 Å². The molecule has 5 rings (SSSR count). The van der Waals surface area contributed by atoms with Gasteiger partial charge in [0.05, 0.1) is 6.10 Å². The van der Waals surface area contributed by atoms with Gasteiger partial charge in [-0.2, -0.15) is 0 Å². The van der Waals surface area contributed by atoms with Crippen LogP contribution in [-0.2, 0) is 33.3 Å². The molecular formula is C26H36O7. The largest absolute Gasteiger partial charge is 0.458 e. The fourth-order valence-electron chi connectivity index (χ4n) is 8.29. The van der Waals surface area contributed by atoms with E-state index < -0.39 is 17.0 Å². The lowest BCUT2D eigenvalue weighted by molar-refractivity contribution is -0.204. The predicted octanol–water partition coefficient (Wildman–Crippen LogP) is 3.53. The second-order valence-electron chi connectivity index (χ2n) is 11.1. The van der Waals surface area contributed by atoms with Gasteiger partial charge in [-0.15, -0.1) is 0 Å². The van der Waals surface area contributed by atoms with Gasteiger partial charge in [-0.3, -0.25) is 14.4 Å². The number of rotatable bonds is 7. The first-order chi connectivity index (χ1) is 15.6. The maximum absolute atomic E-state index is 13.6. The fraction of sp³-hybridized carbons (Fsp3) is 0.808. The van der Waals surface area contributed by atoms with Crippen LogP contribution in [0, 0.1) is 22.7 Å². The molecule has 7 nitrogen and oxygen atoms in total. The minimum absolute atomic E-state index is 0.0403. The number of esters is 1. The Hall–Kier alpha value is -1.57. The molecule has 7 atom stereocenters. The monoisotopic (exact) mass is 460 g/mol. The maximum atomic E-state index is 13.6. The van der Waals surface area contributed by atoms with Crippen LogP contribution in [0.5, 0.6) is 0 Å². The number of ether oxygens (including phenoxy) is 4. The Morgan fingerprint density at radius 1 is 1.15 bits per heavy atom. The van der Waals surface area contributed by atoms with E-state index in [1.165, 1.54) is 12.5 Å². The van der Waals surface area contributed by atoms with Crippen molar-refractivity contribution in [1.82, 2.24) is 0 Å². The molecule has 0 unspecified atom stereocenters. The third-order valence-electron chi connectivity index (χ3n) is 9.90. The molecule has 0 N–H and O–H groups in total. The van der Waals surface area contributed by atoms with E-state index in [1.807, 2.05) is 13.0 Å². The van der Waals surface area contributed by atoms with E-state index in [-0.39, 0.29) is 48.0 Å². The highest BCUT2D eigenvalue weighted by atomic mass is 16.7. The summed E-state index contributed by atoms with van der Waals surface area (Å²) in [5.74, 6) is 0.158. The Morgan fingerprint density at radius 3 is 2.67 bits per heavy atom. The number of carbonyl (C=O) groups is 3. The van der Waals surface area contributed by atoms with Crippen molar-refractivity contribution in [2.45, 2.75) is 89.9 Å². The summed E-state index contributed by atoms with van der Waals surface area (Å²) in [5, 5.41) is 0. The van der Waals surface area contributed by atoms with Gasteiger partial charge in [0.2, 0.25) is 5.78 Å². The molecule has 1 heterocycles.